The number of thioether (sulfide) groups is 1. The van der Waals surface area contributed by atoms with Gasteiger partial charge in [0.2, 0.25) is 0 Å². The Bertz CT molecular complexity index is 1050. The molecule has 1 heterocycles. The molecular weight excluding hydrogens is 465 g/mol. The highest BCUT2D eigenvalue weighted by molar-refractivity contribution is 8.18. The molecule has 162 valence electrons. The molecule has 7 nitrogen and oxygen atoms in total. The molecule has 3 rings (SSSR count). The smallest absolute Gasteiger partial charge is 0.325 e. The lowest BCUT2D eigenvalue weighted by atomic mass is 10.1. The highest BCUT2D eigenvalue weighted by atomic mass is 35.5. The largest absolute Gasteiger partial charge is 0.493 e. The molecule has 0 spiro atoms. The van der Waals surface area contributed by atoms with Crippen LogP contribution in [-0.4, -0.2) is 42.8 Å². The van der Waals surface area contributed by atoms with Crippen LogP contribution < -0.4 is 9.47 Å². The summed E-state index contributed by atoms with van der Waals surface area (Å²) < 4.78 is 15.7. The number of benzene rings is 2. The van der Waals surface area contributed by atoms with Gasteiger partial charge in [-0.15, -0.1) is 0 Å². The van der Waals surface area contributed by atoms with Gasteiger partial charge < -0.3 is 14.2 Å². The minimum Gasteiger partial charge on any atom is -0.493 e. The first-order chi connectivity index (χ1) is 14.8. The lowest BCUT2D eigenvalue weighted by Crippen LogP contribution is -2.34. The zero-order chi connectivity index (χ0) is 22.5. The van der Waals surface area contributed by atoms with Gasteiger partial charge in [-0.2, -0.15) is 0 Å². The Kier molecular flexibility index (Phi) is 7.48. The van der Waals surface area contributed by atoms with E-state index in [9.17, 15) is 14.4 Å². The van der Waals surface area contributed by atoms with E-state index >= 15 is 0 Å². The molecule has 2 aromatic rings. The number of rotatable bonds is 7. The van der Waals surface area contributed by atoms with Gasteiger partial charge in [-0.05, 0) is 47.7 Å². The monoisotopic (exact) mass is 481 g/mol. The molecule has 1 saturated heterocycles. The highest BCUT2D eigenvalue weighted by Crippen LogP contribution is 2.35. The van der Waals surface area contributed by atoms with Gasteiger partial charge in [0.05, 0.1) is 19.1 Å². The maximum atomic E-state index is 12.4. The minimum absolute atomic E-state index is 0.140. The van der Waals surface area contributed by atoms with Crippen LogP contribution in [0, 0.1) is 0 Å². The van der Waals surface area contributed by atoms with Crippen molar-refractivity contribution >= 4 is 58.2 Å². The first kappa shape index (κ1) is 23.0. The van der Waals surface area contributed by atoms with Gasteiger partial charge in [-0.3, -0.25) is 19.3 Å². The summed E-state index contributed by atoms with van der Waals surface area (Å²) in [6.07, 6.45) is 1.54. The Labute approximate surface area is 192 Å². The normalized spacial score (nSPS) is 14.8. The average Bonchev–Trinajstić information content (AvgIpc) is 3.01. The van der Waals surface area contributed by atoms with Crippen LogP contribution in [0.25, 0.3) is 6.08 Å². The Morgan fingerprint density at radius 3 is 2.45 bits per heavy atom. The van der Waals surface area contributed by atoms with Gasteiger partial charge in [-0.25, -0.2) is 0 Å². The van der Waals surface area contributed by atoms with Crippen molar-refractivity contribution in [1.29, 1.82) is 0 Å². The molecule has 0 unspecified atom stereocenters. The number of imide groups is 1. The average molecular weight is 482 g/mol. The van der Waals surface area contributed by atoms with Crippen molar-refractivity contribution in [2.24, 2.45) is 0 Å². The van der Waals surface area contributed by atoms with Gasteiger partial charge in [0.15, 0.2) is 11.5 Å². The van der Waals surface area contributed by atoms with Gasteiger partial charge in [0.1, 0.15) is 13.2 Å². The van der Waals surface area contributed by atoms with E-state index in [0.29, 0.717) is 32.7 Å². The van der Waals surface area contributed by atoms with Crippen LogP contribution in [0.1, 0.15) is 11.1 Å². The lowest BCUT2D eigenvalue weighted by molar-refractivity contribution is -0.143. The molecule has 1 fully saturated rings. The summed E-state index contributed by atoms with van der Waals surface area (Å²) in [5, 5.41) is 0.446. The van der Waals surface area contributed by atoms with Crippen LogP contribution in [0.2, 0.25) is 10.0 Å². The maximum absolute atomic E-state index is 12.4. The fourth-order valence-electron chi connectivity index (χ4n) is 2.69. The zero-order valence-corrected chi connectivity index (χ0v) is 18.8. The van der Waals surface area contributed by atoms with Crippen molar-refractivity contribution in [3.8, 4) is 11.5 Å². The second kappa shape index (κ2) is 10.1. The summed E-state index contributed by atoms with van der Waals surface area (Å²) in [5.41, 5.74) is 1.26. The number of nitrogens with zero attached hydrogens (tertiary/aromatic N) is 1. The zero-order valence-electron chi connectivity index (χ0n) is 16.5. The molecule has 0 N–H and O–H groups in total. The molecular formula is C21H17Cl2NO6S. The number of carbonyl (C=O) groups is 3. The first-order valence-electron chi connectivity index (χ1n) is 8.90. The topological polar surface area (TPSA) is 82.1 Å². The summed E-state index contributed by atoms with van der Waals surface area (Å²) in [6, 6.07) is 10.2. The van der Waals surface area contributed by atoms with Gasteiger partial charge in [0.25, 0.3) is 11.1 Å². The number of hydrogen-bond donors (Lipinski definition) is 0. The van der Waals surface area contributed by atoms with E-state index in [1.165, 1.54) is 14.2 Å². The number of amides is 2. The number of esters is 1. The molecule has 2 amide bonds. The van der Waals surface area contributed by atoms with Crippen molar-refractivity contribution in [2.75, 3.05) is 20.8 Å². The van der Waals surface area contributed by atoms with E-state index < -0.39 is 23.7 Å². The third-order valence-electron chi connectivity index (χ3n) is 4.31. The SMILES string of the molecule is COC(=O)CN1C(=O)S/C(=C\c2ccc(OCc3c(Cl)cccc3Cl)c(OC)c2)C1=O. The third kappa shape index (κ3) is 5.33. The van der Waals surface area contributed by atoms with Gasteiger partial charge in [-0.1, -0.05) is 35.3 Å². The fourth-order valence-corrected chi connectivity index (χ4v) is 4.04. The number of methoxy groups -OCH3 is 2. The fraction of sp³-hybridized carbons (Fsp3) is 0.190. The number of halogens is 2. The Morgan fingerprint density at radius 1 is 1.10 bits per heavy atom. The quantitative estimate of drug-likeness (QED) is 0.415. The van der Waals surface area contributed by atoms with Crippen LogP contribution >= 0.6 is 35.0 Å². The van der Waals surface area contributed by atoms with E-state index in [2.05, 4.69) is 4.74 Å². The summed E-state index contributed by atoms with van der Waals surface area (Å²) in [5.74, 6) is -0.362. The first-order valence-corrected chi connectivity index (χ1v) is 10.5. The summed E-state index contributed by atoms with van der Waals surface area (Å²) in [4.78, 5) is 36.9. The molecule has 2 aromatic carbocycles. The van der Waals surface area contributed by atoms with E-state index in [0.717, 1.165) is 16.7 Å². The van der Waals surface area contributed by atoms with Crippen LogP contribution in [0.5, 0.6) is 11.5 Å². The Balaban J connectivity index is 1.78. The Hall–Kier alpha value is -2.68. The molecule has 1 aliphatic heterocycles. The number of ether oxygens (including phenoxy) is 3. The second-order valence-electron chi connectivity index (χ2n) is 6.24. The molecule has 1 aliphatic rings. The number of hydrogen-bond acceptors (Lipinski definition) is 7. The van der Waals surface area contributed by atoms with Gasteiger partial charge in [0, 0.05) is 15.6 Å². The van der Waals surface area contributed by atoms with Gasteiger partial charge >= 0.3 is 5.97 Å². The summed E-state index contributed by atoms with van der Waals surface area (Å²) in [7, 11) is 2.67. The highest BCUT2D eigenvalue weighted by Gasteiger charge is 2.36. The van der Waals surface area contributed by atoms with E-state index in [1.807, 2.05) is 0 Å². The second-order valence-corrected chi connectivity index (χ2v) is 8.05. The number of carbonyl (C=O) groups excluding carboxylic acids is 3. The Morgan fingerprint density at radius 2 is 1.81 bits per heavy atom. The summed E-state index contributed by atoms with van der Waals surface area (Å²) >= 11 is 13.1. The van der Waals surface area contributed by atoms with E-state index in [1.54, 1.807) is 42.5 Å². The van der Waals surface area contributed by atoms with Crippen molar-refractivity contribution in [3.05, 3.63) is 62.5 Å². The molecule has 0 atom stereocenters. The predicted molar refractivity (Wildman–Crippen MR) is 118 cm³/mol. The van der Waals surface area contributed by atoms with Crippen LogP contribution in [0.15, 0.2) is 41.3 Å². The molecule has 0 aliphatic carbocycles. The molecule has 0 radical (unpaired) electrons. The molecule has 0 aromatic heterocycles. The molecule has 0 bridgehead atoms. The van der Waals surface area contributed by atoms with Crippen molar-refractivity contribution in [2.45, 2.75) is 6.61 Å². The van der Waals surface area contributed by atoms with Crippen LogP contribution in [-0.2, 0) is 20.9 Å². The maximum Gasteiger partial charge on any atom is 0.325 e. The predicted octanol–water partition coefficient (Wildman–Crippen LogP) is 4.79. The van der Waals surface area contributed by atoms with E-state index in [4.69, 9.17) is 32.7 Å². The standard InChI is InChI=1S/C21H17Cl2NO6S/c1-28-17-8-12(9-18-20(26)24(21(27)31-18)10-19(25)29-2)6-7-16(17)30-11-13-14(22)4-3-5-15(13)23/h3-9H,10-11H2,1-2H3/b18-9-. The van der Waals surface area contributed by atoms with Crippen molar-refractivity contribution in [1.82, 2.24) is 4.90 Å². The molecule has 31 heavy (non-hydrogen) atoms. The lowest BCUT2D eigenvalue weighted by Gasteiger charge is -2.13. The van der Waals surface area contributed by atoms with Crippen LogP contribution in [0.4, 0.5) is 4.79 Å². The van der Waals surface area contributed by atoms with E-state index in [-0.39, 0.29) is 11.5 Å². The molecule has 0 saturated carbocycles. The third-order valence-corrected chi connectivity index (χ3v) is 5.92. The minimum atomic E-state index is -0.676. The van der Waals surface area contributed by atoms with Crippen LogP contribution in [0.3, 0.4) is 0 Å². The van der Waals surface area contributed by atoms with Crippen molar-refractivity contribution in [3.63, 3.8) is 0 Å². The molecule has 10 heteroatoms. The summed E-state index contributed by atoms with van der Waals surface area (Å²) in [6.45, 7) is -0.292. The van der Waals surface area contributed by atoms with Crippen molar-refractivity contribution < 1.29 is 28.6 Å².